The molecule has 0 aromatic carbocycles. The van der Waals surface area contributed by atoms with Gasteiger partial charge in [-0.2, -0.15) is 0 Å². The summed E-state index contributed by atoms with van der Waals surface area (Å²) in [6.45, 7) is 2.67. The first-order chi connectivity index (χ1) is 7.74. The minimum atomic E-state index is 0.379. The average Bonchev–Trinajstić information content (AvgIpc) is 2.65. The van der Waals surface area contributed by atoms with E-state index in [-0.39, 0.29) is 0 Å². The van der Waals surface area contributed by atoms with Crippen molar-refractivity contribution in [3.8, 4) is 0 Å². The zero-order valence-corrected chi connectivity index (χ0v) is 10.4. The Balaban J connectivity index is 1.77. The van der Waals surface area contributed by atoms with Gasteiger partial charge in [-0.15, -0.1) is 10.2 Å². The summed E-state index contributed by atoms with van der Waals surface area (Å²) >= 11 is 1.45. The molecule has 2 N–H and O–H groups in total. The third-order valence-electron chi connectivity index (χ3n) is 2.68. The Kier molecular flexibility index (Phi) is 4.09. The normalized spacial score (nSPS) is 21.5. The lowest BCUT2D eigenvalue weighted by Crippen LogP contribution is -2.33. The van der Waals surface area contributed by atoms with Crippen LogP contribution in [0.15, 0.2) is 0 Å². The summed E-state index contributed by atoms with van der Waals surface area (Å²) in [4.78, 5) is 2.22. The third kappa shape index (κ3) is 3.40. The number of nitrogen functional groups attached to an aromatic ring is 1. The molecule has 16 heavy (non-hydrogen) atoms. The predicted octanol–water partition coefficient (Wildman–Crippen LogP) is 1.12. The molecule has 1 atom stereocenters. The Hall–Kier alpha value is -0.720. The van der Waals surface area contributed by atoms with Crippen LogP contribution in [-0.2, 0) is 11.3 Å². The van der Waals surface area contributed by atoms with Crippen molar-refractivity contribution >= 4 is 16.5 Å². The zero-order valence-electron chi connectivity index (χ0n) is 9.56. The number of nitrogens with two attached hydrogens (primary N) is 1. The van der Waals surface area contributed by atoms with E-state index in [1.807, 2.05) is 0 Å². The highest BCUT2D eigenvalue weighted by Gasteiger charge is 2.16. The van der Waals surface area contributed by atoms with E-state index in [0.29, 0.717) is 11.2 Å². The fraction of sp³-hybridized carbons (Fsp3) is 0.800. The van der Waals surface area contributed by atoms with Crippen LogP contribution in [0.1, 0.15) is 24.3 Å². The first kappa shape index (κ1) is 11.8. The van der Waals surface area contributed by atoms with Gasteiger partial charge in [-0.3, -0.25) is 4.90 Å². The van der Waals surface area contributed by atoms with Gasteiger partial charge in [0, 0.05) is 13.2 Å². The molecule has 2 heterocycles. The first-order valence-electron chi connectivity index (χ1n) is 5.62. The van der Waals surface area contributed by atoms with Crippen LogP contribution in [0, 0.1) is 0 Å². The van der Waals surface area contributed by atoms with Crippen LogP contribution in [0.3, 0.4) is 0 Å². The number of likely N-dealkylation sites (N-methyl/N-ethyl adjacent to an activating group) is 1. The van der Waals surface area contributed by atoms with Crippen molar-refractivity contribution in [3.05, 3.63) is 5.01 Å². The molecule has 1 aliphatic heterocycles. The maximum atomic E-state index is 5.69. The maximum absolute atomic E-state index is 5.69. The van der Waals surface area contributed by atoms with Gasteiger partial charge in [-0.1, -0.05) is 11.3 Å². The van der Waals surface area contributed by atoms with Gasteiger partial charge in [0.15, 0.2) is 0 Å². The second kappa shape index (κ2) is 5.56. The van der Waals surface area contributed by atoms with Crippen molar-refractivity contribution in [2.75, 3.05) is 25.9 Å². The Morgan fingerprint density at radius 3 is 3.00 bits per heavy atom. The number of nitrogens with zero attached hydrogens (tertiary/aromatic N) is 3. The Bertz CT molecular complexity index is 324. The molecule has 0 radical (unpaired) electrons. The van der Waals surface area contributed by atoms with E-state index in [0.717, 1.165) is 24.7 Å². The second-order valence-electron chi connectivity index (χ2n) is 4.22. The van der Waals surface area contributed by atoms with E-state index < -0.39 is 0 Å². The quantitative estimate of drug-likeness (QED) is 0.857. The molecule has 90 valence electrons. The molecule has 1 saturated heterocycles. The fourth-order valence-electron chi connectivity index (χ4n) is 1.92. The van der Waals surface area contributed by atoms with Gasteiger partial charge in [-0.25, -0.2) is 0 Å². The highest BCUT2D eigenvalue weighted by Crippen LogP contribution is 2.16. The number of hydrogen-bond donors (Lipinski definition) is 1. The third-order valence-corrected chi connectivity index (χ3v) is 3.41. The molecule has 1 aromatic rings. The molecule has 6 heteroatoms. The predicted molar refractivity (Wildman–Crippen MR) is 64.2 cm³/mol. The highest BCUT2D eigenvalue weighted by molar-refractivity contribution is 7.15. The van der Waals surface area contributed by atoms with Crippen LogP contribution in [0.2, 0.25) is 0 Å². The van der Waals surface area contributed by atoms with Gasteiger partial charge < -0.3 is 10.5 Å². The summed E-state index contributed by atoms with van der Waals surface area (Å²) < 4.78 is 5.69. The van der Waals surface area contributed by atoms with E-state index in [9.17, 15) is 0 Å². The molecule has 1 aliphatic rings. The smallest absolute Gasteiger partial charge is 0.203 e. The Labute approximate surface area is 99.6 Å². The molecular weight excluding hydrogens is 224 g/mol. The molecule has 0 amide bonds. The molecule has 1 aromatic heterocycles. The number of anilines is 1. The van der Waals surface area contributed by atoms with Crippen LogP contribution in [0.5, 0.6) is 0 Å². The van der Waals surface area contributed by atoms with Crippen LogP contribution < -0.4 is 5.73 Å². The lowest BCUT2D eigenvalue weighted by Gasteiger charge is -2.26. The number of ether oxygens (including phenoxy) is 1. The number of aromatic nitrogens is 2. The topological polar surface area (TPSA) is 64.3 Å². The molecule has 0 bridgehead atoms. The SMILES string of the molecule is CN(Cc1nnc(N)s1)CC1CCCCO1. The molecular formula is C10H18N4OS. The number of rotatable bonds is 4. The van der Waals surface area contributed by atoms with Crippen molar-refractivity contribution < 1.29 is 4.74 Å². The van der Waals surface area contributed by atoms with E-state index in [2.05, 4.69) is 22.1 Å². The van der Waals surface area contributed by atoms with Crippen molar-refractivity contribution in [2.24, 2.45) is 0 Å². The summed E-state index contributed by atoms with van der Waals surface area (Å²) in [5.41, 5.74) is 5.54. The van der Waals surface area contributed by atoms with Gasteiger partial charge >= 0.3 is 0 Å². The van der Waals surface area contributed by atoms with E-state index in [1.165, 1.54) is 30.6 Å². The Morgan fingerprint density at radius 1 is 1.50 bits per heavy atom. The van der Waals surface area contributed by atoms with Gasteiger partial charge in [0.05, 0.1) is 12.6 Å². The van der Waals surface area contributed by atoms with E-state index in [4.69, 9.17) is 10.5 Å². The minimum absolute atomic E-state index is 0.379. The van der Waals surface area contributed by atoms with E-state index in [1.54, 1.807) is 0 Å². The standard InChI is InChI=1S/C10H18N4OS/c1-14(6-8-4-2-3-5-15-8)7-9-12-13-10(11)16-9/h8H,2-7H2,1H3,(H2,11,13). The Morgan fingerprint density at radius 2 is 2.38 bits per heavy atom. The highest BCUT2D eigenvalue weighted by atomic mass is 32.1. The van der Waals surface area contributed by atoms with Crippen molar-refractivity contribution in [3.63, 3.8) is 0 Å². The van der Waals surface area contributed by atoms with Gasteiger partial charge in [0.1, 0.15) is 5.01 Å². The summed E-state index contributed by atoms with van der Waals surface area (Å²) in [5.74, 6) is 0. The largest absolute Gasteiger partial charge is 0.377 e. The zero-order chi connectivity index (χ0) is 11.4. The van der Waals surface area contributed by atoms with Gasteiger partial charge in [0.25, 0.3) is 0 Å². The summed E-state index contributed by atoms with van der Waals surface area (Å²) in [7, 11) is 2.08. The monoisotopic (exact) mass is 242 g/mol. The first-order valence-corrected chi connectivity index (χ1v) is 6.43. The van der Waals surface area contributed by atoms with Crippen LogP contribution in [0.4, 0.5) is 5.13 Å². The van der Waals surface area contributed by atoms with Gasteiger partial charge in [-0.05, 0) is 26.3 Å². The summed E-state index contributed by atoms with van der Waals surface area (Å²) in [6.07, 6.45) is 4.03. The van der Waals surface area contributed by atoms with Crippen LogP contribution in [0.25, 0.3) is 0 Å². The average molecular weight is 242 g/mol. The molecule has 0 aliphatic carbocycles. The summed E-state index contributed by atoms with van der Waals surface area (Å²) in [6, 6.07) is 0. The van der Waals surface area contributed by atoms with Crippen LogP contribution >= 0.6 is 11.3 Å². The fourth-order valence-corrected chi connectivity index (χ4v) is 2.61. The molecule has 1 unspecified atom stereocenters. The maximum Gasteiger partial charge on any atom is 0.203 e. The lowest BCUT2D eigenvalue weighted by molar-refractivity contribution is -0.00262. The van der Waals surface area contributed by atoms with Crippen molar-refractivity contribution in [1.29, 1.82) is 0 Å². The molecule has 5 nitrogen and oxygen atoms in total. The van der Waals surface area contributed by atoms with Crippen molar-refractivity contribution in [1.82, 2.24) is 15.1 Å². The van der Waals surface area contributed by atoms with Crippen molar-refractivity contribution in [2.45, 2.75) is 31.9 Å². The van der Waals surface area contributed by atoms with Crippen LogP contribution in [-0.4, -0.2) is 41.4 Å². The molecule has 0 saturated carbocycles. The lowest BCUT2D eigenvalue weighted by atomic mass is 10.1. The minimum Gasteiger partial charge on any atom is -0.377 e. The molecule has 2 rings (SSSR count). The van der Waals surface area contributed by atoms with E-state index >= 15 is 0 Å². The number of hydrogen-bond acceptors (Lipinski definition) is 6. The van der Waals surface area contributed by atoms with Gasteiger partial charge in [0.2, 0.25) is 5.13 Å². The molecule has 1 fully saturated rings. The molecule has 0 spiro atoms. The second-order valence-corrected chi connectivity index (χ2v) is 5.31. The summed E-state index contributed by atoms with van der Waals surface area (Å²) in [5, 5.41) is 9.32.